The molecule has 3 rings (SSSR count). The average molecular weight is 325 g/mol. The summed E-state index contributed by atoms with van der Waals surface area (Å²) in [5.74, 6) is -0.377. The summed E-state index contributed by atoms with van der Waals surface area (Å²) in [6.07, 6.45) is 0. The van der Waals surface area contributed by atoms with Crippen molar-refractivity contribution in [1.29, 1.82) is 0 Å². The fourth-order valence-electron chi connectivity index (χ4n) is 2.19. The van der Waals surface area contributed by atoms with Crippen LogP contribution in [0.15, 0.2) is 48.5 Å². The van der Waals surface area contributed by atoms with E-state index in [1.807, 2.05) is 24.3 Å². The quantitative estimate of drug-likeness (QED) is 0.700. The van der Waals surface area contributed by atoms with Crippen LogP contribution in [0.25, 0.3) is 11.0 Å². The van der Waals surface area contributed by atoms with E-state index in [9.17, 15) is 9.59 Å². The van der Waals surface area contributed by atoms with Gasteiger partial charge >= 0.3 is 0 Å². The first-order valence-corrected chi connectivity index (χ1v) is 7.21. The van der Waals surface area contributed by atoms with Crippen LogP contribution in [0.4, 0.5) is 5.69 Å². The highest BCUT2D eigenvalue weighted by atomic mass is 16.5. The van der Waals surface area contributed by atoms with E-state index in [4.69, 9.17) is 10.5 Å². The van der Waals surface area contributed by atoms with Crippen molar-refractivity contribution in [1.82, 2.24) is 15.0 Å². The molecule has 0 unspecified atom stereocenters. The Morgan fingerprint density at radius 2 is 2.00 bits per heavy atom. The van der Waals surface area contributed by atoms with Gasteiger partial charge in [0.15, 0.2) is 6.61 Å². The van der Waals surface area contributed by atoms with Gasteiger partial charge in [0.1, 0.15) is 17.8 Å². The number of aromatic nitrogens is 3. The molecule has 3 aromatic rings. The number of nitrogens with one attached hydrogen (secondary N) is 1. The van der Waals surface area contributed by atoms with Crippen LogP contribution in [0.1, 0.15) is 0 Å². The van der Waals surface area contributed by atoms with E-state index < -0.39 is 5.91 Å². The third-order valence-electron chi connectivity index (χ3n) is 3.21. The predicted octanol–water partition coefficient (Wildman–Crippen LogP) is 0.934. The highest BCUT2D eigenvalue weighted by molar-refractivity contribution is 5.91. The molecule has 24 heavy (non-hydrogen) atoms. The maximum Gasteiger partial charge on any atom is 0.255 e. The van der Waals surface area contributed by atoms with Gasteiger partial charge < -0.3 is 15.8 Å². The average Bonchev–Trinajstić information content (AvgIpc) is 2.96. The Labute approximate surface area is 137 Å². The fraction of sp³-hybridized carbons (Fsp3) is 0.125. The highest BCUT2D eigenvalue weighted by Gasteiger charge is 2.09. The van der Waals surface area contributed by atoms with Gasteiger partial charge in [0.2, 0.25) is 5.91 Å². The van der Waals surface area contributed by atoms with E-state index in [-0.39, 0.29) is 19.1 Å². The molecule has 1 aromatic heterocycles. The summed E-state index contributed by atoms with van der Waals surface area (Å²) in [5.41, 5.74) is 7.09. The van der Waals surface area contributed by atoms with Gasteiger partial charge in [0.25, 0.3) is 5.91 Å². The fourth-order valence-corrected chi connectivity index (χ4v) is 2.19. The molecule has 0 spiro atoms. The van der Waals surface area contributed by atoms with E-state index in [1.54, 1.807) is 24.3 Å². The molecular weight excluding hydrogens is 310 g/mol. The standard InChI is InChI=1S/C16H15N5O3/c17-15(22)10-24-12-5-3-4-11(8-12)18-16(23)9-21-14-7-2-1-6-13(14)19-20-21/h1-8H,9-10H2,(H2,17,22)(H,18,23). The topological polar surface area (TPSA) is 112 Å². The maximum atomic E-state index is 12.2. The van der Waals surface area contributed by atoms with E-state index >= 15 is 0 Å². The van der Waals surface area contributed by atoms with Crippen molar-refractivity contribution < 1.29 is 14.3 Å². The Hall–Kier alpha value is -3.42. The summed E-state index contributed by atoms with van der Waals surface area (Å²) in [6, 6.07) is 14.1. The van der Waals surface area contributed by atoms with Crippen LogP contribution in [0.3, 0.4) is 0 Å². The number of para-hydroxylation sites is 1. The van der Waals surface area contributed by atoms with Crippen molar-refractivity contribution in [2.75, 3.05) is 11.9 Å². The molecule has 3 N–H and O–H groups in total. The van der Waals surface area contributed by atoms with Gasteiger partial charge in [-0.15, -0.1) is 5.10 Å². The largest absolute Gasteiger partial charge is 0.484 e. The molecule has 0 radical (unpaired) electrons. The second-order valence-corrected chi connectivity index (χ2v) is 5.07. The second kappa shape index (κ2) is 6.78. The molecule has 122 valence electrons. The number of fused-ring (bicyclic) bond motifs is 1. The SMILES string of the molecule is NC(=O)COc1cccc(NC(=O)Cn2nnc3ccccc32)c1. The first-order chi connectivity index (χ1) is 11.6. The van der Waals surface area contributed by atoms with E-state index in [0.29, 0.717) is 11.4 Å². The van der Waals surface area contributed by atoms with Crippen molar-refractivity contribution in [2.45, 2.75) is 6.54 Å². The van der Waals surface area contributed by atoms with Gasteiger partial charge in [-0.1, -0.05) is 23.4 Å². The highest BCUT2D eigenvalue weighted by Crippen LogP contribution is 2.17. The third kappa shape index (κ3) is 3.67. The Kier molecular flexibility index (Phi) is 4.37. The zero-order valence-corrected chi connectivity index (χ0v) is 12.7. The van der Waals surface area contributed by atoms with Crippen LogP contribution in [0, 0.1) is 0 Å². The summed E-state index contributed by atoms with van der Waals surface area (Å²) in [6.45, 7) is -0.185. The number of hydrogen-bond donors (Lipinski definition) is 2. The Morgan fingerprint density at radius 3 is 2.83 bits per heavy atom. The zero-order valence-electron chi connectivity index (χ0n) is 12.7. The number of nitrogens with zero attached hydrogens (tertiary/aromatic N) is 3. The van der Waals surface area contributed by atoms with Crippen LogP contribution >= 0.6 is 0 Å². The van der Waals surface area contributed by atoms with Gasteiger partial charge in [-0.05, 0) is 24.3 Å². The van der Waals surface area contributed by atoms with Gasteiger partial charge in [-0.3, -0.25) is 9.59 Å². The lowest BCUT2D eigenvalue weighted by Gasteiger charge is -2.08. The number of primary amides is 1. The molecule has 2 amide bonds. The molecule has 0 bridgehead atoms. The molecule has 0 aliphatic heterocycles. The van der Waals surface area contributed by atoms with Crippen LogP contribution in [-0.2, 0) is 16.1 Å². The number of carbonyl (C=O) groups is 2. The summed E-state index contributed by atoms with van der Waals surface area (Å²) in [7, 11) is 0. The molecule has 0 aliphatic rings. The van der Waals surface area contributed by atoms with Crippen molar-refractivity contribution in [3.8, 4) is 5.75 Å². The minimum Gasteiger partial charge on any atom is -0.484 e. The lowest BCUT2D eigenvalue weighted by Crippen LogP contribution is -2.20. The lowest BCUT2D eigenvalue weighted by atomic mass is 10.3. The molecule has 0 saturated heterocycles. The van der Waals surface area contributed by atoms with E-state index in [2.05, 4.69) is 15.6 Å². The summed E-state index contributed by atoms with van der Waals surface area (Å²) >= 11 is 0. The minimum absolute atomic E-state index is 0.0346. The van der Waals surface area contributed by atoms with Crippen molar-refractivity contribution in [3.05, 3.63) is 48.5 Å². The number of amides is 2. The van der Waals surface area contributed by atoms with Crippen LogP contribution in [0.5, 0.6) is 5.75 Å². The van der Waals surface area contributed by atoms with Crippen molar-refractivity contribution in [2.24, 2.45) is 5.73 Å². The second-order valence-electron chi connectivity index (χ2n) is 5.07. The number of nitrogens with two attached hydrogens (primary N) is 1. The van der Waals surface area contributed by atoms with Gasteiger partial charge in [0, 0.05) is 11.8 Å². The number of carbonyl (C=O) groups excluding carboxylic acids is 2. The Morgan fingerprint density at radius 1 is 1.17 bits per heavy atom. The molecular formula is C16H15N5O3. The molecule has 0 saturated carbocycles. The lowest BCUT2D eigenvalue weighted by molar-refractivity contribution is -0.120. The first kappa shape index (κ1) is 15.5. The molecule has 2 aromatic carbocycles. The third-order valence-corrected chi connectivity index (χ3v) is 3.21. The normalized spacial score (nSPS) is 10.5. The minimum atomic E-state index is -0.567. The summed E-state index contributed by atoms with van der Waals surface area (Å²) in [4.78, 5) is 22.9. The zero-order chi connectivity index (χ0) is 16.9. The molecule has 8 heteroatoms. The number of hydrogen-bond acceptors (Lipinski definition) is 5. The molecule has 0 aliphatic carbocycles. The monoisotopic (exact) mass is 325 g/mol. The Balaban J connectivity index is 1.66. The predicted molar refractivity (Wildman–Crippen MR) is 87.3 cm³/mol. The van der Waals surface area contributed by atoms with Gasteiger partial charge in [-0.2, -0.15) is 0 Å². The van der Waals surface area contributed by atoms with E-state index in [1.165, 1.54) is 4.68 Å². The Bertz CT molecular complexity index is 890. The number of rotatable bonds is 6. The molecule has 1 heterocycles. The molecule has 0 fully saturated rings. The number of benzene rings is 2. The maximum absolute atomic E-state index is 12.2. The van der Waals surface area contributed by atoms with Gasteiger partial charge in [0.05, 0.1) is 5.52 Å². The van der Waals surface area contributed by atoms with Gasteiger partial charge in [-0.25, -0.2) is 4.68 Å². The number of anilines is 1. The smallest absolute Gasteiger partial charge is 0.255 e. The molecule has 0 atom stereocenters. The first-order valence-electron chi connectivity index (χ1n) is 7.21. The van der Waals surface area contributed by atoms with Crippen molar-refractivity contribution in [3.63, 3.8) is 0 Å². The summed E-state index contributed by atoms with van der Waals surface area (Å²) < 4.78 is 6.73. The van der Waals surface area contributed by atoms with Crippen LogP contribution < -0.4 is 15.8 Å². The van der Waals surface area contributed by atoms with E-state index in [0.717, 1.165) is 11.0 Å². The summed E-state index contributed by atoms with van der Waals surface area (Å²) in [5, 5.41) is 10.7. The van der Waals surface area contributed by atoms with Crippen molar-refractivity contribution >= 4 is 28.5 Å². The van der Waals surface area contributed by atoms with Crippen LogP contribution in [-0.4, -0.2) is 33.4 Å². The molecule has 8 nitrogen and oxygen atoms in total. The van der Waals surface area contributed by atoms with Crippen LogP contribution in [0.2, 0.25) is 0 Å². The number of ether oxygens (including phenoxy) is 1.